The van der Waals surface area contributed by atoms with Crippen LogP contribution in [0.15, 0.2) is 30.3 Å². The van der Waals surface area contributed by atoms with Gasteiger partial charge in [0.05, 0.1) is 0 Å². The van der Waals surface area contributed by atoms with Crippen LogP contribution in [-0.4, -0.2) is 36.1 Å². The van der Waals surface area contributed by atoms with Gasteiger partial charge in [0, 0.05) is 32.0 Å². The molecule has 0 aliphatic heterocycles. The predicted molar refractivity (Wildman–Crippen MR) is 104 cm³/mol. The molecule has 1 heterocycles. The van der Waals surface area contributed by atoms with Crippen molar-refractivity contribution in [3.05, 3.63) is 47.4 Å². The molecule has 0 aliphatic carbocycles. The molecule has 0 unspecified atom stereocenters. The first-order valence-electron chi connectivity index (χ1n) is 8.80. The smallest absolute Gasteiger partial charge is 0.270 e. The van der Waals surface area contributed by atoms with Gasteiger partial charge in [0.1, 0.15) is 17.3 Å². The van der Waals surface area contributed by atoms with Gasteiger partial charge >= 0.3 is 0 Å². The van der Waals surface area contributed by atoms with Gasteiger partial charge < -0.3 is 15.4 Å². The van der Waals surface area contributed by atoms with Gasteiger partial charge in [0.2, 0.25) is 0 Å². The third-order valence-electron chi connectivity index (χ3n) is 3.90. The zero-order valence-electron chi connectivity index (χ0n) is 16.2. The zero-order valence-corrected chi connectivity index (χ0v) is 16.2. The summed E-state index contributed by atoms with van der Waals surface area (Å²) in [6.45, 7) is 9.48. The number of rotatable bonds is 7. The number of carbonyl (C=O) groups is 1. The lowest BCUT2D eigenvalue weighted by Gasteiger charge is -2.19. The van der Waals surface area contributed by atoms with Gasteiger partial charge in [0.15, 0.2) is 0 Å². The molecule has 0 saturated heterocycles. The number of methoxy groups -OCH3 is 1. The zero-order chi connectivity index (χ0) is 19.2. The highest BCUT2D eigenvalue weighted by atomic mass is 16.5. The summed E-state index contributed by atoms with van der Waals surface area (Å²) in [4.78, 5) is 20.8. The molecule has 0 radical (unpaired) electrons. The minimum atomic E-state index is -0.210. The van der Waals surface area contributed by atoms with Crippen molar-refractivity contribution in [2.45, 2.75) is 39.5 Å². The van der Waals surface area contributed by atoms with Crippen LogP contribution >= 0.6 is 0 Å². The monoisotopic (exact) mass is 356 g/mol. The lowest BCUT2D eigenvalue weighted by molar-refractivity contribution is 0.0943. The van der Waals surface area contributed by atoms with E-state index in [2.05, 4.69) is 53.5 Å². The van der Waals surface area contributed by atoms with Crippen molar-refractivity contribution < 1.29 is 9.53 Å². The molecule has 1 aromatic carbocycles. The molecule has 0 aliphatic rings. The van der Waals surface area contributed by atoms with Crippen LogP contribution in [0, 0.1) is 6.92 Å². The number of amides is 1. The van der Waals surface area contributed by atoms with E-state index in [0.29, 0.717) is 30.5 Å². The molecule has 6 heteroatoms. The number of anilines is 2. The Labute approximate surface area is 155 Å². The second kappa shape index (κ2) is 8.76. The van der Waals surface area contributed by atoms with Gasteiger partial charge in [-0.2, -0.15) is 0 Å². The molecular formula is C20H28N4O2. The summed E-state index contributed by atoms with van der Waals surface area (Å²) in [5.74, 6) is 0.934. The van der Waals surface area contributed by atoms with Crippen molar-refractivity contribution >= 4 is 17.4 Å². The standard InChI is InChI=1S/C20H28N4O2/c1-14-22-17(19(25)21-11-6-12-26-5)13-18(23-14)24-16-9-7-15(8-10-16)20(2,3)4/h7-10,13H,6,11-12H2,1-5H3,(H,21,25)(H,22,23,24). The Morgan fingerprint density at radius 2 is 1.85 bits per heavy atom. The van der Waals surface area contributed by atoms with Crippen LogP contribution in [0.3, 0.4) is 0 Å². The Kier molecular flexibility index (Phi) is 6.69. The number of ether oxygens (including phenoxy) is 1. The Balaban J connectivity index is 2.08. The summed E-state index contributed by atoms with van der Waals surface area (Å²) >= 11 is 0. The third kappa shape index (κ3) is 5.81. The predicted octanol–water partition coefficient (Wildman–Crippen LogP) is 3.59. The van der Waals surface area contributed by atoms with Gasteiger partial charge in [-0.25, -0.2) is 9.97 Å². The fourth-order valence-corrected chi connectivity index (χ4v) is 2.46. The van der Waals surface area contributed by atoms with Crippen LogP contribution in [0.25, 0.3) is 0 Å². The molecule has 2 rings (SSSR count). The fourth-order valence-electron chi connectivity index (χ4n) is 2.46. The van der Waals surface area contributed by atoms with Crippen molar-refractivity contribution in [3.8, 4) is 0 Å². The van der Waals surface area contributed by atoms with E-state index in [-0.39, 0.29) is 11.3 Å². The molecule has 0 saturated carbocycles. The highest BCUT2D eigenvalue weighted by Gasteiger charge is 2.13. The topological polar surface area (TPSA) is 76.1 Å². The second-order valence-electron chi connectivity index (χ2n) is 7.24. The molecule has 1 amide bonds. The first kappa shape index (κ1) is 19.8. The lowest BCUT2D eigenvalue weighted by Crippen LogP contribution is -2.26. The van der Waals surface area contributed by atoms with Gasteiger partial charge in [-0.3, -0.25) is 4.79 Å². The average Bonchev–Trinajstić information content (AvgIpc) is 2.57. The van der Waals surface area contributed by atoms with Gasteiger partial charge in [-0.1, -0.05) is 32.9 Å². The second-order valence-corrected chi connectivity index (χ2v) is 7.24. The normalized spacial score (nSPS) is 11.3. The SMILES string of the molecule is COCCCNC(=O)c1cc(Nc2ccc(C(C)(C)C)cc2)nc(C)n1. The summed E-state index contributed by atoms with van der Waals surface area (Å²) in [7, 11) is 1.64. The van der Waals surface area contributed by atoms with Crippen molar-refractivity contribution in [1.29, 1.82) is 0 Å². The highest BCUT2D eigenvalue weighted by molar-refractivity contribution is 5.93. The molecule has 26 heavy (non-hydrogen) atoms. The number of nitrogens with one attached hydrogen (secondary N) is 2. The van der Waals surface area contributed by atoms with Gasteiger partial charge in [0.25, 0.3) is 5.91 Å². The number of hydrogen-bond donors (Lipinski definition) is 2. The molecule has 2 aromatic rings. The maximum atomic E-state index is 12.2. The van der Waals surface area contributed by atoms with Crippen molar-refractivity contribution in [2.75, 3.05) is 25.6 Å². The van der Waals surface area contributed by atoms with Crippen molar-refractivity contribution in [3.63, 3.8) is 0 Å². The Bertz CT molecular complexity index is 736. The van der Waals surface area contributed by atoms with E-state index in [0.717, 1.165) is 12.1 Å². The molecular weight excluding hydrogens is 328 g/mol. The Morgan fingerprint density at radius 1 is 1.15 bits per heavy atom. The molecule has 140 valence electrons. The molecule has 2 N–H and O–H groups in total. The van der Waals surface area contributed by atoms with E-state index in [9.17, 15) is 4.79 Å². The molecule has 0 fully saturated rings. The van der Waals surface area contributed by atoms with Crippen LogP contribution in [0.2, 0.25) is 0 Å². The maximum Gasteiger partial charge on any atom is 0.270 e. The van der Waals surface area contributed by atoms with E-state index in [4.69, 9.17) is 4.74 Å². The summed E-state index contributed by atoms with van der Waals surface area (Å²) in [6, 6.07) is 9.89. The van der Waals surface area contributed by atoms with Crippen LogP contribution in [0.5, 0.6) is 0 Å². The largest absolute Gasteiger partial charge is 0.385 e. The maximum absolute atomic E-state index is 12.2. The van der Waals surface area contributed by atoms with E-state index in [1.807, 2.05) is 12.1 Å². The van der Waals surface area contributed by atoms with Crippen LogP contribution in [-0.2, 0) is 10.2 Å². The quantitative estimate of drug-likeness (QED) is 0.742. The number of carbonyl (C=O) groups excluding carboxylic acids is 1. The van der Waals surface area contributed by atoms with Gasteiger partial charge in [-0.05, 0) is 36.5 Å². The van der Waals surface area contributed by atoms with Crippen molar-refractivity contribution in [2.24, 2.45) is 0 Å². The Morgan fingerprint density at radius 3 is 2.46 bits per heavy atom. The molecule has 1 aromatic heterocycles. The minimum absolute atomic E-state index is 0.109. The number of hydrogen-bond acceptors (Lipinski definition) is 5. The number of aromatic nitrogens is 2. The van der Waals surface area contributed by atoms with Crippen LogP contribution in [0.4, 0.5) is 11.5 Å². The fraction of sp³-hybridized carbons (Fsp3) is 0.450. The number of aryl methyl sites for hydroxylation is 1. The van der Waals surface area contributed by atoms with Gasteiger partial charge in [-0.15, -0.1) is 0 Å². The molecule has 6 nitrogen and oxygen atoms in total. The van der Waals surface area contributed by atoms with Crippen molar-refractivity contribution in [1.82, 2.24) is 15.3 Å². The van der Waals surface area contributed by atoms with Crippen LogP contribution in [0.1, 0.15) is 49.1 Å². The first-order valence-corrected chi connectivity index (χ1v) is 8.80. The van der Waals surface area contributed by atoms with Crippen LogP contribution < -0.4 is 10.6 Å². The number of nitrogens with zero attached hydrogens (tertiary/aromatic N) is 2. The minimum Gasteiger partial charge on any atom is -0.385 e. The lowest BCUT2D eigenvalue weighted by atomic mass is 9.87. The highest BCUT2D eigenvalue weighted by Crippen LogP contribution is 2.24. The molecule has 0 atom stereocenters. The molecule has 0 spiro atoms. The van der Waals surface area contributed by atoms with E-state index < -0.39 is 0 Å². The Hall–Kier alpha value is -2.47. The first-order chi connectivity index (χ1) is 12.3. The summed E-state index contributed by atoms with van der Waals surface area (Å²) in [6.07, 6.45) is 0.761. The number of benzene rings is 1. The van der Waals surface area contributed by atoms with E-state index >= 15 is 0 Å². The summed E-state index contributed by atoms with van der Waals surface area (Å²) < 4.78 is 4.98. The van der Waals surface area contributed by atoms with E-state index in [1.54, 1.807) is 20.1 Å². The summed E-state index contributed by atoms with van der Waals surface area (Å²) in [5.41, 5.74) is 2.64. The average molecular weight is 356 g/mol. The summed E-state index contributed by atoms with van der Waals surface area (Å²) in [5, 5.41) is 6.08. The molecule has 0 bridgehead atoms. The third-order valence-corrected chi connectivity index (χ3v) is 3.90. The van der Waals surface area contributed by atoms with E-state index in [1.165, 1.54) is 5.56 Å².